The minimum Gasteiger partial charge on any atom is -0.264 e. The molecule has 0 N–H and O–H groups in total. The first-order valence-electron chi connectivity index (χ1n) is 5.89. The highest BCUT2D eigenvalue weighted by Gasteiger charge is 2.32. The molecular formula is C12H12N4O2. The molecule has 0 fully saturated rings. The van der Waals surface area contributed by atoms with Crippen molar-refractivity contribution in [2.24, 2.45) is 0 Å². The molecule has 0 bridgehead atoms. The van der Waals surface area contributed by atoms with E-state index in [-0.39, 0.29) is 4.92 Å². The van der Waals surface area contributed by atoms with Crippen LogP contribution in [0.2, 0.25) is 0 Å². The lowest BCUT2D eigenvalue weighted by Crippen LogP contribution is -2.22. The summed E-state index contributed by atoms with van der Waals surface area (Å²) in [7, 11) is 0. The summed E-state index contributed by atoms with van der Waals surface area (Å²) in [5.74, 6) is 1.05. The van der Waals surface area contributed by atoms with Crippen LogP contribution in [0.1, 0.15) is 24.7 Å². The van der Waals surface area contributed by atoms with Crippen molar-refractivity contribution in [2.75, 3.05) is 0 Å². The van der Waals surface area contributed by atoms with Gasteiger partial charge in [-0.1, -0.05) is 30.3 Å². The van der Waals surface area contributed by atoms with Crippen LogP contribution in [0.15, 0.2) is 30.3 Å². The second-order valence-electron chi connectivity index (χ2n) is 4.33. The number of benzene rings is 1. The summed E-state index contributed by atoms with van der Waals surface area (Å²) in [6.07, 6.45) is 1.32. The van der Waals surface area contributed by atoms with Gasteiger partial charge < -0.3 is 0 Å². The van der Waals surface area contributed by atoms with E-state index in [1.807, 2.05) is 30.3 Å². The first-order valence-corrected chi connectivity index (χ1v) is 5.89. The molecule has 2 aromatic rings. The van der Waals surface area contributed by atoms with Crippen LogP contribution in [-0.2, 0) is 6.54 Å². The number of aromatic nitrogens is 3. The van der Waals surface area contributed by atoms with E-state index >= 15 is 0 Å². The average molecular weight is 244 g/mol. The lowest BCUT2D eigenvalue weighted by Gasteiger charge is -2.15. The van der Waals surface area contributed by atoms with Crippen molar-refractivity contribution in [3.05, 3.63) is 46.3 Å². The number of nitro groups is 1. The normalized spacial score (nSPS) is 18.3. The van der Waals surface area contributed by atoms with Gasteiger partial charge in [-0.2, -0.15) is 5.10 Å². The van der Waals surface area contributed by atoms with Gasteiger partial charge in [-0.25, -0.2) is 9.67 Å². The Morgan fingerprint density at radius 3 is 2.83 bits per heavy atom. The molecule has 1 aromatic heterocycles. The summed E-state index contributed by atoms with van der Waals surface area (Å²) in [6.45, 7) is 0.708. The number of nitrogens with zero attached hydrogens (tertiary/aromatic N) is 4. The molecule has 0 radical (unpaired) electrons. The molecule has 2 heterocycles. The molecule has 0 spiro atoms. The number of rotatable bonds is 2. The lowest BCUT2D eigenvalue weighted by molar-refractivity contribution is -0.533. The third-order valence-electron chi connectivity index (χ3n) is 3.13. The Morgan fingerprint density at radius 2 is 2.11 bits per heavy atom. The Morgan fingerprint density at radius 1 is 1.33 bits per heavy atom. The van der Waals surface area contributed by atoms with E-state index in [0.717, 1.165) is 12.0 Å². The fourth-order valence-electron chi connectivity index (χ4n) is 2.24. The van der Waals surface area contributed by atoms with Gasteiger partial charge in [0.1, 0.15) is 0 Å². The van der Waals surface area contributed by atoms with E-state index in [9.17, 15) is 10.1 Å². The first kappa shape index (κ1) is 10.9. The largest absolute Gasteiger partial charge is 0.271 e. The molecule has 0 amide bonds. The number of hydrogen-bond acceptors (Lipinski definition) is 4. The molecule has 1 aliphatic heterocycles. The van der Waals surface area contributed by atoms with Crippen LogP contribution in [-0.4, -0.2) is 19.7 Å². The van der Waals surface area contributed by atoms with E-state index in [1.54, 1.807) is 4.68 Å². The SMILES string of the molecule is O=[N+]([O-])C1CCCn2nc(-c3ccccc3)nc21. The van der Waals surface area contributed by atoms with Crippen molar-refractivity contribution in [3.8, 4) is 11.4 Å². The van der Waals surface area contributed by atoms with Gasteiger partial charge in [-0.15, -0.1) is 0 Å². The first-order chi connectivity index (χ1) is 8.75. The van der Waals surface area contributed by atoms with Gasteiger partial charge in [0, 0.05) is 23.5 Å². The molecule has 1 aromatic carbocycles. The molecule has 1 atom stereocenters. The monoisotopic (exact) mass is 244 g/mol. The van der Waals surface area contributed by atoms with Crippen molar-refractivity contribution >= 4 is 0 Å². The maximum absolute atomic E-state index is 11.0. The second-order valence-corrected chi connectivity index (χ2v) is 4.33. The van der Waals surface area contributed by atoms with Crippen LogP contribution in [0.25, 0.3) is 11.4 Å². The molecule has 6 heteroatoms. The third kappa shape index (κ3) is 1.75. The molecule has 1 aliphatic rings. The standard InChI is InChI=1S/C12H12N4O2/c17-16(18)10-7-4-8-15-12(10)13-11(14-15)9-5-2-1-3-6-9/h1-3,5-6,10H,4,7-8H2. The van der Waals surface area contributed by atoms with E-state index in [4.69, 9.17) is 0 Å². The van der Waals surface area contributed by atoms with Crippen molar-refractivity contribution < 1.29 is 4.92 Å². The molecule has 1 unspecified atom stereocenters. The third-order valence-corrected chi connectivity index (χ3v) is 3.13. The molecule has 92 valence electrons. The molecular weight excluding hydrogens is 232 g/mol. The van der Waals surface area contributed by atoms with Crippen LogP contribution < -0.4 is 0 Å². The van der Waals surface area contributed by atoms with Gasteiger partial charge in [0.15, 0.2) is 5.82 Å². The Kier molecular flexibility index (Phi) is 2.55. The van der Waals surface area contributed by atoms with Gasteiger partial charge >= 0.3 is 0 Å². The van der Waals surface area contributed by atoms with Crippen molar-refractivity contribution in [2.45, 2.75) is 25.4 Å². The highest BCUT2D eigenvalue weighted by molar-refractivity contribution is 5.54. The minimum atomic E-state index is -0.719. The summed E-state index contributed by atoms with van der Waals surface area (Å²) in [6, 6.07) is 8.81. The van der Waals surface area contributed by atoms with Crippen molar-refractivity contribution in [1.29, 1.82) is 0 Å². The zero-order valence-electron chi connectivity index (χ0n) is 9.69. The summed E-state index contributed by atoms with van der Waals surface area (Å²) in [5.41, 5.74) is 0.890. The number of aryl methyl sites for hydroxylation is 1. The Balaban J connectivity index is 2.04. The topological polar surface area (TPSA) is 73.8 Å². The van der Waals surface area contributed by atoms with Crippen LogP contribution in [0, 0.1) is 10.1 Å². The fraction of sp³-hybridized carbons (Fsp3) is 0.333. The Labute approximate surface area is 103 Å². The zero-order valence-corrected chi connectivity index (χ0v) is 9.69. The molecule has 0 saturated heterocycles. The van der Waals surface area contributed by atoms with E-state index in [2.05, 4.69) is 10.1 Å². The smallest absolute Gasteiger partial charge is 0.264 e. The van der Waals surface area contributed by atoms with Crippen LogP contribution >= 0.6 is 0 Å². The maximum Gasteiger partial charge on any atom is 0.271 e. The quantitative estimate of drug-likeness (QED) is 0.598. The van der Waals surface area contributed by atoms with Gasteiger partial charge in [-0.3, -0.25) is 10.1 Å². The van der Waals surface area contributed by atoms with E-state index in [0.29, 0.717) is 24.6 Å². The Bertz CT molecular complexity index is 579. The van der Waals surface area contributed by atoms with E-state index < -0.39 is 6.04 Å². The zero-order chi connectivity index (χ0) is 12.5. The second kappa shape index (κ2) is 4.21. The molecule has 3 rings (SSSR count). The fourth-order valence-corrected chi connectivity index (χ4v) is 2.24. The van der Waals surface area contributed by atoms with Crippen LogP contribution in [0.4, 0.5) is 0 Å². The minimum absolute atomic E-state index is 0.269. The molecule has 6 nitrogen and oxygen atoms in total. The molecule has 0 saturated carbocycles. The number of fused-ring (bicyclic) bond motifs is 1. The number of hydrogen-bond donors (Lipinski definition) is 0. The van der Waals surface area contributed by atoms with E-state index in [1.165, 1.54) is 0 Å². The highest BCUT2D eigenvalue weighted by atomic mass is 16.6. The summed E-state index contributed by atoms with van der Waals surface area (Å²) >= 11 is 0. The van der Waals surface area contributed by atoms with Gasteiger partial charge in [-0.05, 0) is 6.42 Å². The highest BCUT2D eigenvalue weighted by Crippen LogP contribution is 2.28. The predicted octanol–water partition coefficient (Wildman–Crippen LogP) is 2.06. The predicted molar refractivity (Wildman–Crippen MR) is 64.4 cm³/mol. The molecule has 18 heavy (non-hydrogen) atoms. The summed E-state index contributed by atoms with van der Waals surface area (Å²) < 4.78 is 1.67. The molecule has 0 aliphatic carbocycles. The lowest BCUT2D eigenvalue weighted by atomic mass is 10.1. The van der Waals surface area contributed by atoms with Gasteiger partial charge in [0.2, 0.25) is 5.82 Å². The van der Waals surface area contributed by atoms with Crippen molar-refractivity contribution in [1.82, 2.24) is 14.8 Å². The average Bonchev–Trinajstić information content (AvgIpc) is 2.83. The van der Waals surface area contributed by atoms with Crippen molar-refractivity contribution in [3.63, 3.8) is 0 Å². The maximum atomic E-state index is 11.0. The van der Waals surface area contributed by atoms with Crippen LogP contribution in [0.3, 0.4) is 0 Å². The van der Waals surface area contributed by atoms with Gasteiger partial charge in [0.25, 0.3) is 6.04 Å². The van der Waals surface area contributed by atoms with Gasteiger partial charge in [0.05, 0.1) is 0 Å². The Hall–Kier alpha value is -2.24. The summed E-state index contributed by atoms with van der Waals surface area (Å²) in [5, 5.41) is 15.3. The summed E-state index contributed by atoms with van der Waals surface area (Å²) in [4.78, 5) is 15.1. The van der Waals surface area contributed by atoms with Crippen LogP contribution in [0.5, 0.6) is 0 Å².